The summed E-state index contributed by atoms with van der Waals surface area (Å²) in [4.78, 5) is 7.97. The van der Waals surface area contributed by atoms with Gasteiger partial charge in [0.05, 0.1) is 11.1 Å². The standard InChI is InChI=1S/C8H8Cl2N4/c1-3-4-5-6(9)11-8(10)12-7(5)14(2)13-4/h3H2,1-2H3. The third kappa shape index (κ3) is 1.35. The SMILES string of the molecule is CCc1nn(C)c2nc(Cl)nc(Cl)c12. The lowest BCUT2D eigenvalue weighted by molar-refractivity contribution is 0.761. The van der Waals surface area contributed by atoms with Crippen LogP contribution in [0.4, 0.5) is 0 Å². The zero-order chi connectivity index (χ0) is 10.3. The quantitative estimate of drug-likeness (QED) is 0.558. The van der Waals surface area contributed by atoms with Gasteiger partial charge in [-0.15, -0.1) is 0 Å². The molecule has 0 aliphatic heterocycles. The predicted octanol–water partition coefficient (Wildman–Crippen LogP) is 2.23. The molecular weight excluding hydrogens is 223 g/mol. The van der Waals surface area contributed by atoms with E-state index in [1.54, 1.807) is 11.7 Å². The number of nitrogens with zero attached hydrogens (tertiary/aromatic N) is 4. The fourth-order valence-corrected chi connectivity index (χ4v) is 1.89. The van der Waals surface area contributed by atoms with Crippen molar-refractivity contribution in [3.63, 3.8) is 0 Å². The summed E-state index contributed by atoms with van der Waals surface area (Å²) in [5, 5.41) is 5.59. The Kier molecular flexibility index (Phi) is 2.33. The lowest BCUT2D eigenvalue weighted by Crippen LogP contribution is -1.93. The maximum Gasteiger partial charge on any atom is 0.225 e. The van der Waals surface area contributed by atoms with Crippen molar-refractivity contribution in [1.82, 2.24) is 19.7 Å². The van der Waals surface area contributed by atoms with Crippen molar-refractivity contribution in [3.05, 3.63) is 16.1 Å². The molecule has 2 rings (SSSR count). The monoisotopic (exact) mass is 230 g/mol. The summed E-state index contributed by atoms with van der Waals surface area (Å²) in [5.74, 6) is 0. The van der Waals surface area contributed by atoms with Crippen LogP contribution in [-0.2, 0) is 13.5 Å². The third-order valence-corrected chi connectivity index (χ3v) is 2.46. The molecule has 0 amide bonds. The largest absolute Gasteiger partial charge is 0.250 e. The van der Waals surface area contributed by atoms with E-state index in [1.165, 1.54) is 0 Å². The van der Waals surface area contributed by atoms with E-state index in [0.717, 1.165) is 17.5 Å². The average molecular weight is 231 g/mol. The Bertz CT molecular complexity index is 492. The highest BCUT2D eigenvalue weighted by molar-refractivity contribution is 6.35. The number of hydrogen-bond donors (Lipinski definition) is 0. The summed E-state index contributed by atoms with van der Waals surface area (Å²) in [6.45, 7) is 2.01. The van der Waals surface area contributed by atoms with Gasteiger partial charge in [-0.2, -0.15) is 10.1 Å². The molecular formula is C8H8Cl2N4. The molecule has 0 saturated carbocycles. The Labute approximate surface area is 90.9 Å². The van der Waals surface area contributed by atoms with E-state index in [1.807, 2.05) is 6.92 Å². The molecule has 2 heterocycles. The molecule has 74 valence electrons. The zero-order valence-electron chi connectivity index (χ0n) is 7.75. The molecule has 0 aromatic carbocycles. The van der Waals surface area contributed by atoms with Gasteiger partial charge >= 0.3 is 0 Å². The predicted molar refractivity (Wildman–Crippen MR) is 55.7 cm³/mol. The van der Waals surface area contributed by atoms with Gasteiger partial charge in [0.15, 0.2) is 5.65 Å². The molecule has 0 atom stereocenters. The lowest BCUT2D eigenvalue weighted by atomic mass is 10.2. The van der Waals surface area contributed by atoms with Gasteiger partial charge in [-0.05, 0) is 18.0 Å². The minimum absolute atomic E-state index is 0.146. The van der Waals surface area contributed by atoms with E-state index in [4.69, 9.17) is 23.2 Å². The first-order valence-corrected chi connectivity index (χ1v) is 4.93. The number of aromatic nitrogens is 4. The van der Waals surface area contributed by atoms with Crippen LogP contribution in [0.1, 0.15) is 12.6 Å². The van der Waals surface area contributed by atoms with E-state index < -0.39 is 0 Å². The molecule has 0 N–H and O–H groups in total. The van der Waals surface area contributed by atoms with Crippen molar-refractivity contribution in [1.29, 1.82) is 0 Å². The summed E-state index contributed by atoms with van der Waals surface area (Å²) >= 11 is 11.7. The van der Waals surface area contributed by atoms with Gasteiger partial charge in [-0.3, -0.25) is 0 Å². The summed E-state index contributed by atoms with van der Waals surface area (Å²) in [7, 11) is 1.81. The van der Waals surface area contributed by atoms with Gasteiger partial charge in [0.2, 0.25) is 5.28 Å². The van der Waals surface area contributed by atoms with E-state index in [0.29, 0.717) is 10.8 Å². The van der Waals surface area contributed by atoms with Crippen molar-refractivity contribution in [2.45, 2.75) is 13.3 Å². The van der Waals surface area contributed by atoms with Gasteiger partial charge in [0.25, 0.3) is 0 Å². The molecule has 0 bridgehead atoms. The maximum absolute atomic E-state index is 5.97. The number of fused-ring (bicyclic) bond motifs is 1. The fraction of sp³-hybridized carbons (Fsp3) is 0.375. The van der Waals surface area contributed by atoms with Crippen molar-refractivity contribution >= 4 is 34.2 Å². The first kappa shape index (κ1) is 9.68. The van der Waals surface area contributed by atoms with Gasteiger partial charge in [0.1, 0.15) is 5.15 Å². The van der Waals surface area contributed by atoms with Gasteiger partial charge < -0.3 is 0 Å². The van der Waals surface area contributed by atoms with Crippen LogP contribution in [0.15, 0.2) is 0 Å². The highest BCUT2D eigenvalue weighted by atomic mass is 35.5. The van der Waals surface area contributed by atoms with Crippen LogP contribution in [0.5, 0.6) is 0 Å². The molecule has 0 saturated heterocycles. The Morgan fingerprint density at radius 1 is 1.29 bits per heavy atom. The summed E-state index contributed by atoms with van der Waals surface area (Å²) < 4.78 is 1.66. The van der Waals surface area contributed by atoms with Crippen LogP contribution >= 0.6 is 23.2 Å². The minimum atomic E-state index is 0.146. The van der Waals surface area contributed by atoms with Crippen molar-refractivity contribution in [2.75, 3.05) is 0 Å². The van der Waals surface area contributed by atoms with Gasteiger partial charge in [0, 0.05) is 7.05 Å². The van der Waals surface area contributed by atoms with E-state index in [9.17, 15) is 0 Å². The molecule has 0 radical (unpaired) electrons. The van der Waals surface area contributed by atoms with Crippen LogP contribution in [0.2, 0.25) is 10.4 Å². The second-order valence-electron chi connectivity index (χ2n) is 2.91. The number of aryl methyl sites for hydroxylation is 2. The van der Waals surface area contributed by atoms with E-state index in [-0.39, 0.29) is 5.28 Å². The van der Waals surface area contributed by atoms with Crippen LogP contribution in [0, 0.1) is 0 Å². The molecule has 0 spiro atoms. The van der Waals surface area contributed by atoms with Crippen LogP contribution in [0.3, 0.4) is 0 Å². The Morgan fingerprint density at radius 2 is 2.00 bits per heavy atom. The lowest BCUT2D eigenvalue weighted by Gasteiger charge is -1.96. The highest BCUT2D eigenvalue weighted by Gasteiger charge is 2.13. The fourth-order valence-electron chi connectivity index (χ4n) is 1.41. The van der Waals surface area contributed by atoms with Crippen molar-refractivity contribution < 1.29 is 0 Å². The summed E-state index contributed by atoms with van der Waals surface area (Å²) in [6, 6.07) is 0. The molecule has 0 fully saturated rings. The number of hydrogen-bond acceptors (Lipinski definition) is 3. The van der Waals surface area contributed by atoms with Crippen molar-refractivity contribution in [3.8, 4) is 0 Å². The van der Waals surface area contributed by atoms with E-state index >= 15 is 0 Å². The minimum Gasteiger partial charge on any atom is -0.250 e. The summed E-state index contributed by atoms with van der Waals surface area (Å²) in [6.07, 6.45) is 0.794. The number of rotatable bonds is 1. The number of halogens is 2. The summed E-state index contributed by atoms with van der Waals surface area (Å²) in [5.41, 5.74) is 1.57. The molecule has 4 nitrogen and oxygen atoms in total. The normalized spacial score (nSPS) is 11.1. The average Bonchev–Trinajstić information content (AvgIpc) is 2.43. The Morgan fingerprint density at radius 3 is 2.64 bits per heavy atom. The highest BCUT2D eigenvalue weighted by Crippen LogP contribution is 2.25. The smallest absolute Gasteiger partial charge is 0.225 e. The third-order valence-electron chi connectivity index (χ3n) is 2.02. The van der Waals surface area contributed by atoms with Crippen LogP contribution in [0.25, 0.3) is 11.0 Å². The van der Waals surface area contributed by atoms with Gasteiger partial charge in [-0.1, -0.05) is 18.5 Å². The Hall–Kier alpha value is -0.870. The van der Waals surface area contributed by atoms with Crippen molar-refractivity contribution in [2.24, 2.45) is 7.05 Å². The first-order valence-electron chi connectivity index (χ1n) is 4.18. The molecule has 2 aromatic heterocycles. The Balaban J connectivity index is 2.89. The van der Waals surface area contributed by atoms with Crippen LogP contribution in [-0.4, -0.2) is 19.7 Å². The molecule has 2 aromatic rings. The molecule has 14 heavy (non-hydrogen) atoms. The van der Waals surface area contributed by atoms with E-state index in [2.05, 4.69) is 15.1 Å². The molecule has 6 heteroatoms. The first-order chi connectivity index (χ1) is 6.63. The topological polar surface area (TPSA) is 43.6 Å². The van der Waals surface area contributed by atoms with Crippen LogP contribution < -0.4 is 0 Å². The van der Waals surface area contributed by atoms with Gasteiger partial charge in [-0.25, -0.2) is 9.67 Å². The molecule has 0 unspecified atom stereocenters. The second-order valence-corrected chi connectivity index (χ2v) is 3.60. The maximum atomic E-state index is 5.97. The molecule has 0 aliphatic carbocycles. The second kappa shape index (κ2) is 3.37. The molecule has 0 aliphatic rings. The zero-order valence-corrected chi connectivity index (χ0v) is 9.26.